The molecule has 2 bridgehead atoms. The van der Waals surface area contributed by atoms with Crippen molar-refractivity contribution in [1.82, 2.24) is 4.90 Å². The minimum Gasteiger partial charge on any atom is -0.321 e. The summed E-state index contributed by atoms with van der Waals surface area (Å²) in [6.07, 6.45) is 0. The van der Waals surface area contributed by atoms with Crippen LogP contribution in [-0.4, -0.2) is 66.4 Å². The van der Waals surface area contributed by atoms with Gasteiger partial charge in [0.2, 0.25) is 0 Å². The third-order valence-corrected chi connectivity index (χ3v) is 5.34. The lowest BCUT2D eigenvalue weighted by molar-refractivity contribution is -0.953. The number of quaternary nitrogens is 1. The third kappa shape index (κ3) is 2.78. The van der Waals surface area contributed by atoms with E-state index < -0.39 is 0 Å². The summed E-state index contributed by atoms with van der Waals surface area (Å²) in [5.41, 5.74) is 1.43. The van der Waals surface area contributed by atoms with E-state index in [9.17, 15) is 9.59 Å². The number of benzene rings is 1. The minimum atomic E-state index is -0.0325. The number of nitrogens with zero attached hydrogens (tertiary/aromatic N) is 2. The van der Waals surface area contributed by atoms with Gasteiger partial charge in [-0.2, -0.15) is 0 Å². The van der Waals surface area contributed by atoms with Crippen LogP contribution in [0.15, 0.2) is 24.3 Å². The lowest BCUT2D eigenvalue weighted by Gasteiger charge is -2.52. The van der Waals surface area contributed by atoms with Gasteiger partial charge in [-0.25, -0.2) is 0 Å². The second-order valence-corrected chi connectivity index (χ2v) is 6.53. The molecule has 1 aromatic carbocycles. The highest BCUT2D eigenvalue weighted by Gasteiger charge is 2.45. The molecular weight excluding hydrogens is 278 g/mol. The molecule has 3 aliphatic rings. The molecule has 3 fully saturated rings. The van der Waals surface area contributed by atoms with Crippen LogP contribution in [0.3, 0.4) is 0 Å². The molecule has 0 aliphatic carbocycles. The van der Waals surface area contributed by atoms with E-state index in [4.69, 9.17) is 0 Å². The fourth-order valence-corrected chi connectivity index (χ4v) is 3.56. The van der Waals surface area contributed by atoms with E-state index in [1.54, 1.807) is 31.2 Å². The zero-order valence-corrected chi connectivity index (χ0v) is 13.3. The largest absolute Gasteiger partial charge is 0.321 e. The van der Waals surface area contributed by atoms with Gasteiger partial charge >= 0.3 is 0 Å². The number of hydrogen-bond acceptors (Lipinski definition) is 3. The molecule has 0 radical (unpaired) electrons. The zero-order chi connectivity index (χ0) is 15.7. The second-order valence-electron chi connectivity index (χ2n) is 6.53. The number of fused-ring (bicyclic) bond motifs is 3. The Balaban J connectivity index is 1.67. The first-order valence-corrected chi connectivity index (χ1v) is 8.00. The molecule has 118 valence electrons. The monoisotopic (exact) mass is 302 g/mol. The number of piperazine rings is 3. The van der Waals surface area contributed by atoms with E-state index in [2.05, 4.69) is 10.2 Å². The average Bonchev–Trinajstić information content (AvgIpc) is 2.56. The van der Waals surface area contributed by atoms with Crippen molar-refractivity contribution < 1.29 is 14.1 Å². The Morgan fingerprint density at radius 1 is 1.09 bits per heavy atom. The Kier molecular flexibility index (Phi) is 4.02. The number of Topliss-reactive ketones (excluding diaryl/α,β-unsaturated/α-hetero) is 1. The second kappa shape index (κ2) is 5.82. The van der Waals surface area contributed by atoms with Gasteiger partial charge in [0.15, 0.2) is 11.8 Å². The van der Waals surface area contributed by atoms with E-state index in [0.717, 1.165) is 49.4 Å². The molecule has 4 rings (SSSR count). The van der Waals surface area contributed by atoms with Crippen LogP contribution in [0.4, 0.5) is 5.69 Å². The quantitative estimate of drug-likeness (QED) is 0.675. The van der Waals surface area contributed by atoms with Crippen LogP contribution < -0.4 is 5.32 Å². The van der Waals surface area contributed by atoms with Crippen molar-refractivity contribution in [1.29, 1.82) is 0 Å². The minimum absolute atomic E-state index is 0.0325. The van der Waals surface area contributed by atoms with E-state index in [-0.39, 0.29) is 17.7 Å². The molecule has 22 heavy (non-hydrogen) atoms. The summed E-state index contributed by atoms with van der Waals surface area (Å²) in [7, 11) is 0. The zero-order valence-electron chi connectivity index (χ0n) is 13.3. The van der Waals surface area contributed by atoms with Gasteiger partial charge in [-0.15, -0.1) is 0 Å². The Morgan fingerprint density at radius 2 is 1.64 bits per heavy atom. The SMILES string of the molecule is CC(=O)c1ccc(NC(=O)[C@@H](C)[N+]23CCN(CC2)CC3)cc1. The maximum Gasteiger partial charge on any atom is 0.282 e. The first kappa shape index (κ1) is 15.2. The molecule has 5 nitrogen and oxygen atoms in total. The van der Waals surface area contributed by atoms with Crippen molar-refractivity contribution in [3.05, 3.63) is 29.8 Å². The Bertz CT molecular complexity index is 560. The predicted octanol–water partition coefficient (Wildman–Crippen LogP) is 1.36. The van der Waals surface area contributed by atoms with E-state index in [0.29, 0.717) is 5.56 Å². The van der Waals surface area contributed by atoms with Crippen LogP contribution in [0.2, 0.25) is 0 Å². The first-order chi connectivity index (χ1) is 10.5. The lowest BCUT2D eigenvalue weighted by atomic mass is 10.1. The van der Waals surface area contributed by atoms with Crippen LogP contribution in [0.1, 0.15) is 24.2 Å². The van der Waals surface area contributed by atoms with Crippen LogP contribution in [0.25, 0.3) is 0 Å². The van der Waals surface area contributed by atoms with Crippen molar-refractivity contribution >= 4 is 17.4 Å². The molecule has 5 heteroatoms. The molecular formula is C17H24N3O2+. The van der Waals surface area contributed by atoms with Crippen LogP contribution >= 0.6 is 0 Å². The third-order valence-electron chi connectivity index (χ3n) is 5.34. The molecule has 0 spiro atoms. The highest BCUT2D eigenvalue weighted by molar-refractivity contribution is 5.96. The van der Waals surface area contributed by atoms with Gasteiger partial charge in [0.25, 0.3) is 5.91 Å². The van der Waals surface area contributed by atoms with Crippen molar-refractivity contribution in [2.24, 2.45) is 0 Å². The van der Waals surface area contributed by atoms with Crippen molar-refractivity contribution in [3.63, 3.8) is 0 Å². The summed E-state index contributed by atoms with van der Waals surface area (Å²) in [5, 5.41) is 3.00. The van der Waals surface area contributed by atoms with E-state index >= 15 is 0 Å². The normalized spacial score (nSPS) is 28.2. The van der Waals surface area contributed by atoms with Crippen molar-refractivity contribution in [3.8, 4) is 0 Å². The topological polar surface area (TPSA) is 49.4 Å². The van der Waals surface area contributed by atoms with Crippen molar-refractivity contribution in [2.75, 3.05) is 44.6 Å². The van der Waals surface area contributed by atoms with Crippen LogP contribution in [0.5, 0.6) is 0 Å². The summed E-state index contributed by atoms with van der Waals surface area (Å²) >= 11 is 0. The standard InChI is InChI=1S/C17H23N3O2/c1-13(20-10-7-19(8-11-20)9-12-20)17(22)18-16-5-3-15(4-6-16)14(2)21/h3-6,13H,7-12H2,1-2H3/p+1/t13-/m1/s1. The molecule has 3 aliphatic heterocycles. The highest BCUT2D eigenvalue weighted by atomic mass is 16.2. The van der Waals surface area contributed by atoms with Crippen molar-refractivity contribution in [2.45, 2.75) is 19.9 Å². The van der Waals surface area contributed by atoms with Crippen LogP contribution in [0, 0.1) is 0 Å². The maximum absolute atomic E-state index is 12.6. The number of carbonyl (C=O) groups is 2. The smallest absolute Gasteiger partial charge is 0.282 e. The molecule has 3 saturated heterocycles. The Hall–Kier alpha value is -1.72. The highest BCUT2D eigenvalue weighted by Crippen LogP contribution is 2.24. The number of carbonyl (C=O) groups excluding carboxylic acids is 2. The molecule has 0 aromatic heterocycles. The summed E-state index contributed by atoms with van der Waals surface area (Å²) < 4.78 is 0.911. The molecule has 0 saturated carbocycles. The molecule has 1 N–H and O–H groups in total. The first-order valence-electron chi connectivity index (χ1n) is 8.00. The summed E-state index contributed by atoms with van der Waals surface area (Å²) in [6, 6.07) is 7.09. The summed E-state index contributed by atoms with van der Waals surface area (Å²) in [4.78, 5) is 26.4. The maximum atomic E-state index is 12.6. The summed E-state index contributed by atoms with van der Waals surface area (Å²) in [6.45, 7) is 10.1. The molecule has 1 atom stereocenters. The molecule has 0 unspecified atom stereocenters. The van der Waals surface area contributed by atoms with Gasteiger partial charge < -0.3 is 9.80 Å². The fourth-order valence-electron chi connectivity index (χ4n) is 3.56. The van der Waals surface area contributed by atoms with Gasteiger partial charge in [0, 0.05) is 30.9 Å². The number of rotatable bonds is 4. The number of ketones is 1. The van der Waals surface area contributed by atoms with Gasteiger partial charge in [0.1, 0.15) is 0 Å². The molecule has 1 aromatic rings. The number of hydrogen-bond donors (Lipinski definition) is 1. The lowest BCUT2D eigenvalue weighted by Crippen LogP contribution is -2.72. The number of anilines is 1. The summed E-state index contributed by atoms with van der Waals surface area (Å²) in [5.74, 6) is 0.113. The fraction of sp³-hybridized carbons (Fsp3) is 0.529. The van der Waals surface area contributed by atoms with Gasteiger partial charge in [-0.1, -0.05) is 0 Å². The van der Waals surface area contributed by atoms with Gasteiger partial charge in [0.05, 0.1) is 19.6 Å². The molecule has 3 heterocycles. The Morgan fingerprint density at radius 3 is 2.14 bits per heavy atom. The van der Waals surface area contributed by atoms with Crippen LogP contribution in [-0.2, 0) is 4.79 Å². The predicted molar refractivity (Wildman–Crippen MR) is 85.8 cm³/mol. The Labute approximate surface area is 131 Å². The van der Waals surface area contributed by atoms with Gasteiger partial charge in [-0.05, 0) is 38.1 Å². The van der Waals surface area contributed by atoms with E-state index in [1.165, 1.54) is 0 Å². The number of nitrogens with one attached hydrogen (secondary N) is 1. The van der Waals surface area contributed by atoms with Gasteiger partial charge in [-0.3, -0.25) is 14.5 Å². The average molecular weight is 302 g/mol. The molecule has 1 amide bonds. The van der Waals surface area contributed by atoms with E-state index in [1.807, 2.05) is 6.92 Å². The number of amides is 1.